The SMILES string of the molecule is O=C(CCc1nc2ccccc2n(CC(=O)NC2CCc3ccccc32)c1=O)NC1CCCCC1. The zero-order valence-electron chi connectivity index (χ0n) is 20.0. The van der Waals surface area contributed by atoms with Crippen LogP contribution in [0.25, 0.3) is 11.0 Å². The van der Waals surface area contributed by atoms with Crippen LogP contribution in [0.4, 0.5) is 0 Å². The van der Waals surface area contributed by atoms with Crippen LogP contribution in [0, 0.1) is 0 Å². The molecule has 0 aliphatic heterocycles. The Morgan fingerprint density at radius 3 is 2.54 bits per heavy atom. The van der Waals surface area contributed by atoms with Gasteiger partial charge in [0.15, 0.2) is 0 Å². The molecule has 2 aromatic carbocycles. The highest BCUT2D eigenvalue weighted by molar-refractivity contribution is 5.81. The number of carbonyl (C=O) groups is 2. The topological polar surface area (TPSA) is 93.1 Å². The second kappa shape index (κ2) is 10.4. The van der Waals surface area contributed by atoms with Gasteiger partial charge in [-0.3, -0.25) is 19.0 Å². The average molecular weight is 473 g/mol. The Balaban J connectivity index is 1.31. The van der Waals surface area contributed by atoms with Gasteiger partial charge in [-0.2, -0.15) is 0 Å². The lowest BCUT2D eigenvalue weighted by Gasteiger charge is -2.22. The summed E-state index contributed by atoms with van der Waals surface area (Å²) < 4.78 is 1.49. The number of fused-ring (bicyclic) bond motifs is 2. The van der Waals surface area contributed by atoms with Gasteiger partial charge in [0.05, 0.1) is 17.1 Å². The summed E-state index contributed by atoms with van der Waals surface area (Å²) in [6.07, 6.45) is 7.83. The molecule has 0 saturated heterocycles. The smallest absolute Gasteiger partial charge is 0.273 e. The molecule has 35 heavy (non-hydrogen) atoms. The number of para-hydroxylation sites is 2. The van der Waals surface area contributed by atoms with Gasteiger partial charge >= 0.3 is 0 Å². The second-order valence-electron chi connectivity index (χ2n) is 9.70. The van der Waals surface area contributed by atoms with E-state index >= 15 is 0 Å². The summed E-state index contributed by atoms with van der Waals surface area (Å²) in [5, 5.41) is 6.21. The number of hydrogen-bond donors (Lipinski definition) is 2. The summed E-state index contributed by atoms with van der Waals surface area (Å²) in [5.74, 6) is -0.249. The summed E-state index contributed by atoms with van der Waals surface area (Å²) in [5.41, 5.74) is 3.69. The molecule has 7 heteroatoms. The van der Waals surface area contributed by atoms with Gasteiger partial charge in [0.25, 0.3) is 5.56 Å². The van der Waals surface area contributed by atoms with Crippen molar-refractivity contribution < 1.29 is 9.59 Å². The third-order valence-electron chi connectivity index (χ3n) is 7.25. The van der Waals surface area contributed by atoms with Gasteiger partial charge in [-0.25, -0.2) is 4.98 Å². The quantitative estimate of drug-likeness (QED) is 0.550. The molecule has 2 aliphatic carbocycles. The van der Waals surface area contributed by atoms with E-state index < -0.39 is 0 Å². The van der Waals surface area contributed by atoms with E-state index in [2.05, 4.69) is 27.8 Å². The molecule has 0 spiro atoms. The predicted molar refractivity (Wildman–Crippen MR) is 135 cm³/mol. The van der Waals surface area contributed by atoms with E-state index in [4.69, 9.17) is 0 Å². The predicted octanol–water partition coefficient (Wildman–Crippen LogP) is 3.58. The van der Waals surface area contributed by atoms with Crippen LogP contribution in [-0.2, 0) is 29.0 Å². The molecule has 1 atom stereocenters. The summed E-state index contributed by atoms with van der Waals surface area (Å²) in [6, 6.07) is 15.7. The number of nitrogens with one attached hydrogen (secondary N) is 2. The molecule has 1 aromatic heterocycles. The molecule has 1 heterocycles. The first-order valence-corrected chi connectivity index (χ1v) is 12.7. The Kier molecular flexibility index (Phi) is 6.93. The molecule has 182 valence electrons. The van der Waals surface area contributed by atoms with E-state index in [0.29, 0.717) is 16.7 Å². The normalized spacial score (nSPS) is 17.8. The highest BCUT2D eigenvalue weighted by Crippen LogP contribution is 2.30. The molecule has 1 fully saturated rings. The molecular formula is C28H32N4O3. The zero-order chi connectivity index (χ0) is 24.2. The number of aromatic nitrogens is 2. The van der Waals surface area contributed by atoms with Gasteiger partial charge in [-0.1, -0.05) is 55.7 Å². The third kappa shape index (κ3) is 5.29. The molecule has 1 saturated carbocycles. The lowest BCUT2D eigenvalue weighted by Crippen LogP contribution is -2.37. The molecule has 0 bridgehead atoms. The maximum atomic E-state index is 13.3. The van der Waals surface area contributed by atoms with E-state index in [1.807, 2.05) is 30.3 Å². The standard InChI is InChI=1S/C28H32N4O3/c33-26(29-20-9-2-1-3-10-20)17-16-24-28(35)32(25-13-7-6-12-23(25)30-24)18-27(34)31-22-15-14-19-8-4-5-11-21(19)22/h4-8,11-13,20,22H,1-3,9-10,14-18H2,(H,29,33)(H,31,34). The minimum absolute atomic E-state index is 0.0366. The highest BCUT2D eigenvalue weighted by Gasteiger charge is 2.24. The number of aryl methyl sites for hydroxylation is 2. The van der Waals surface area contributed by atoms with Gasteiger partial charge < -0.3 is 10.6 Å². The largest absolute Gasteiger partial charge is 0.353 e. The molecular weight excluding hydrogens is 440 g/mol. The van der Waals surface area contributed by atoms with Crippen LogP contribution in [0.3, 0.4) is 0 Å². The van der Waals surface area contributed by atoms with Crippen molar-refractivity contribution in [2.24, 2.45) is 0 Å². The first kappa shape index (κ1) is 23.3. The number of amides is 2. The van der Waals surface area contributed by atoms with E-state index in [1.54, 1.807) is 6.07 Å². The van der Waals surface area contributed by atoms with Crippen LogP contribution in [0.1, 0.15) is 67.8 Å². The number of benzene rings is 2. The van der Waals surface area contributed by atoms with Gasteiger partial charge in [0, 0.05) is 18.9 Å². The molecule has 3 aromatic rings. The fourth-order valence-electron chi connectivity index (χ4n) is 5.43. The van der Waals surface area contributed by atoms with Crippen molar-refractivity contribution in [3.63, 3.8) is 0 Å². The van der Waals surface area contributed by atoms with E-state index in [0.717, 1.165) is 44.1 Å². The van der Waals surface area contributed by atoms with Gasteiger partial charge in [-0.15, -0.1) is 0 Å². The molecule has 0 radical (unpaired) electrons. The molecule has 2 aliphatic rings. The third-order valence-corrected chi connectivity index (χ3v) is 7.25. The monoisotopic (exact) mass is 472 g/mol. The molecule has 7 nitrogen and oxygen atoms in total. The number of carbonyl (C=O) groups excluding carboxylic acids is 2. The highest BCUT2D eigenvalue weighted by atomic mass is 16.2. The zero-order valence-corrected chi connectivity index (χ0v) is 20.0. The minimum Gasteiger partial charge on any atom is -0.353 e. The van der Waals surface area contributed by atoms with Crippen molar-refractivity contribution in [1.82, 2.24) is 20.2 Å². The van der Waals surface area contributed by atoms with Crippen molar-refractivity contribution in [1.29, 1.82) is 0 Å². The first-order chi connectivity index (χ1) is 17.1. The Morgan fingerprint density at radius 1 is 0.914 bits per heavy atom. The summed E-state index contributed by atoms with van der Waals surface area (Å²) in [7, 11) is 0. The Bertz CT molecular complexity index is 1290. The number of hydrogen-bond acceptors (Lipinski definition) is 4. The van der Waals surface area contributed by atoms with Crippen LogP contribution in [-0.4, -0.2) is 27.4 Å². The number of nitrogens with zero attached hydrogens (tertiary/aromatic N) is 2. The van der Waals surface area contributed by atoms with Crippen molar-refractivity contribution in [3.8, 4) is 0 Å². The molecule has 2 N–H and O–H groups in total. The fourth-order valence-corrected chi connectivity index (χ4v) is 5.43. The number of rotatable bonds is 7. The first-order valence-electron chi connectivity index (χ1n) is 12.7. The van der Waals surface area contributed by atoms with Crippen LogP contribution >= 0.6 is 0 Å². The maximum absolute atomic E-state index is 13.3. The molecule has 5 rings (SSSR count). The van der Waals surface area contributed by atoms with Crippen LogP contribution in [0.15, 0.2) is 53.3 Å². The van der Waals surface area contributed by atoms with Crippen molar-refractivity contribution in [2.45, 2.75) is 76.4 Å². The van der Waals surface area contributed by atoms with Crippen LogP contribution in [0.2, 0.25) is 0 Å². The molecule has 1 unspecified atom stereocenters. The fraction of sp³-hybridized carbons (Fsp3) is 0.429. The summed E-state index contributed by atoms with van der Waals surface area (Å²) in [6.45, 7) is -0.0815. The van der Waals surface area contributed by atoms with E-state index in [9.17, 15) is 14.4 Å². The van der Waals surface area contributed by atoms with Crippen LogP contribution in [0.5, 0.6) is 0 Å². The lowest BCUT2D eigenvalue weighted by molar-refractivity contribution is -0.123. The van der Waals surface area contributed by atoms with Crippen molar-refractivity contribution >= 4 is 22.8 Å². The Hall–Kier alpha value is -3.48. The molecule has 2 amide bonds. The van der Waals surface area contributed by atoms with Gasteiger partial charge in [-0.05, 0) is 48.9 Å². The van der Waals surface area contributed by atoms with E-state index in [-0.39, 0.29) is 48.8 Å². The lowest BCUT2D eigenvalue weighted by atomic mass is 9.95. The van der Waals surface area contributed by atoms with Crippen molar-refractivity contribution in [2.75, 3.05) is 0 Å². The maximum Gasteiger partial charge on any atom is 0.273 e. The summed E-state index contributed by atoms with van der Waals surface area (Å²) >= 11 is 0. The van der Waals surface area contributed by atoms with Gasteiger partial charge in [0.1, 0.15) is 12.2 Å². The van der Waals surface area contributed by atoms with Crippen molar-refractivity contribution in [3.05, 3.63) is 75.7 Å². The second-order valence-corrected chi connectivity index (χ2v) is 9.70. The summed E-state index contributed by atoms with van der Waals surface area (Å²) in [4.78, 5) is 43.4. The average Bonchev–Trinajstić information content (AvgIpc) is 3.28. The minimum atomic E-state index is -0.309. The van der Waals surface area contributed by atoms with Gasteiger partial charge in [0.2, 0.25) is 11.8 Å². The Labute approximate surface area is 205 Å². The van der Waals surface area contributed by atoms with Crippen LogP contribution < -0.4 is 16.2 Å². The Morgan fingerprint density at radius 2 is 1.69 bits per heavy atom. The van der Waals surface area contributed by atoms with E-state index in [1.165, 1.54) is 16.6 Å².